The summed E-state index contributed by atoms with van der Waals surface area (Å²) in [5.74, 6) is 5.63. The lowest BCUT2D eigenvalue weighted by molar-refractivity contribution is 0.0994. The fourth-order valence-corrected chi connectivity index (χ4v) is 3.47. The summed E-state index contributed by atoms with van der Waals surface area (Å²) in [6, 6.07) is 2.04. The van der Waals surface area contributed by atoms with Gasteiger partial charge in [0.2, 0.25) is 0 Å². The van der Waals surface area contributed by atoms with Crippen LogP contribution in [0.3, 0.4) is 0 Å². The van der Waals surface area contributed by atoms with E-state index in [2.05, 4.69) is 42.3 Å². The molecule has 4 nitrogen and oxygen atoms in total. The van der Waals surface area contributed by atoms with Gasteiger partial charge in [-0.3, -0.25) is 16.3 Å². The highest BCUT2D eigenvalue weighted by atomic mass is 79.9. The summed E-state index contributed by atoms with van der Waals surface area (Å²) >= 11 is 6.92. The summed E-state index contributed by atoms with van der Waals surface area (Å²) in [5.41, 5.74) is 3.78. The molecule has 2 unspecified atom stereocenters. The van der Waals surface area contributed by atoms with Crippen LogP contribution in [0.4, 0.5) is 0 Å². The first kappa shape index (κ1) is 14.4. The Morgan fingerprint density at radius 3 is 3.00 bits per heavy atom. The molecule has 3 N–H and O–H groups in total. The number of nitrogens with two attached hydrogens (primary N) is 1. The van der Waals surface area contributed by atoms with E-state index in [-0.39, 0.29) is 6.04 Å². The van der Waals surface area contributed by atoms with E-state index in [1.807, 2.05) is 6.07 Å². The molecule has 2 heterocycles. The van der Waals surface area contributed by atoms with E-state index in [1.165, 1.54) is 6.42 Å². The molecule has 1 fully saturated rings. The van der Waals surface area contributed by atoms with Crippen molar-refractivity contribution in [3.63, 3.8) is 0 Å². The van der Waals surface area contributed by atoms with Gasteiger partial charge in [-0.2, -0.15) is 0 Å². The zero-order valence-corrected chi connectivity index (χ0v) is 13.2. The van der Waals surface area contributed by atoms with Gasteiger partial charge in [-0.05, 0) is 63.6 Å². The van der Waals surface area contributed by atoms with Crippen molar-refractivity contribution in [1.82, 2.24) is 10.4 Å². The quantitative estimate of drug-likeness (QED) is 0.610. The summed E-state index contributed by atoms with van der Waals surface area (Å²) in [5, 5.41) is 0. The number of nitrogens with one attached hydrogen (secondary N) is 1. The van der Waals surface area contributed by atoms with Gasteiger partial charge in [-0.1, -0.05) is 0 Å². The van der Waals surface area contributed by atoms with Gasteiger partial charge in [0.05, 0.1) is 17.8 Å². The molecule has 0 saturated carbocycles. The minimum absolute atomic E-state index is 0.0525. The molecule has 0 bridgehead atoms. The minimum atomic E-state index is 0.0525. The Morgan fingerprint density at radius 1 is 1.56 bits per heavy atom. The third-order valence-corrected chi connectivity index (χ3v) is 4.24. The number of hydrogen-bond donors (Lipinski definition) is 2. The SMILES string of the molecule is NNC(CCC1CCCO1)c1ncc(Br)cc1Br. The number of hydrazine groups is 1. The van der Waals surface area contributed by atoms with E-state index in [0.29, 0.717) is 6.10 Å². The number of hydrogen-bond acceptors (Lipinski definition) is 4. The van der Waals surface area contributed by atoms with Crippen molar-refractivity contribution < 1.29 is 4.74 Å². The Bertz CT molecular complexity index is 397. The van der Waals surface area contributed by atoms with Gasteiger partial charge in [0, 0.05) is 21.7 Å². The van der Waals surface area contributed by atoms with Crippen LogP contribution < -0.4 is 11.3 Å². The Morgan fingerprint density at radius 2 is 2.39 bits per heavy atom. The van der Waals surface area contributed by atoms with Crippen LogP contribution in [0.25, 0.3) is 0 Å². The molecule has 6 heteroatoms. The smallest absolute Gasteiger partial charge is 0.0729 e. The molecule has 1 aromatic heterocycles. The maximum atomic E-state index is 5.63. The van der Waals surface area contributed by atoms with Crippen LogP contribution in [0.2, 0.25) is 0 Å². The molecule has 2 atom stereocenters. The standard InChI is InChI=1S/C12H17Br2N3O/c13-8-6-10(14)12(16-7-8)11(17-15)4-3-9-2-1-5-18-9/h6-7,9,11,17H,1-5,15H2. The number of halogens is 2. The molecule has 1 aliphatic heterocycles. The second kappa shape index (κ2) is 6.96. The first-order valence-electron chi connectivity index (χ1n) is 6.09. The number of pyridine rings is 1. The van der Waals surface area contributed by atoms with E-state index in [9.17, 15) is 0 Å². The summed E-state index contributed by atoms with van der Waals surface area (Å²) in [6.07, 6.45) is 6.44. The molecule has 2 rings (SSSR count). The van der Waals surface area contributed by atoms with E-state index in [0.717, 1.165) is 40.5 Å². The Kier molecular flexibility index (Phi) is 5.56. The zero-order chi connectivity index (χ0) is 13.0. The summed E-state index contributed by atoms with van der Waals surface area (Å²) < 4.78 is 7.54. The van der Waals surface area contributed by atoms with Crippen molar-refractivity contribution in [2.75, 3.05) is 6.61 Å². The lowest BCUT2D eigenvalue weighted by Gasteiger charge is -2.18. The largest absolute Gasteiger partial charge is 0.378 e. The van der Waals surface area contributed by atoms with E-state index in [4.69, 9.17) is 10.6 Å². The molecule has 0 amide bonds. The van der Waals surface area contributed by atoms with Gasteiger partial charge in [-0.15, -0.1) is 0 Å². The van der Waals surface area contributed by atoms with Crippen LogP contribution >= 0.6 is 31.9 Å². The topological polar surface area (TPSA) is 60.2 Å². The van der Waals surface area contributed by atoms with E-state index >= 15 is 0 Å². The number of aromatic nitrogens is 1. The van der Waals surface area contributed by atoms with Crippen LogP contribution in [0, 0.1) is 0 Å². The highest BCUT2D eigenvalue weighted by Crippen LogP contribution is 2.28. The predicted octanol–water partition coefficient (Wildman–Crippen LogP) is 3.07. The fourth-order valence-electron chi connectivity index (χ4n) is 2.21. The third-order valence-electron chi connectivity index (χ3n) is 3.17. The van der Waals surface area contributed by atoms with Crippen molar-refractivity contribution in [3.05, 3.63) is 26.9 Å². The van der Waals surface area contributed by atoms with Gasteiger partial charge >= 0.3 is 0 Å². The lowest BCUT2D eigenvalue weighted by Crippen LogP contribution is -2.29. The first-order chi connectivity index (χ1) is 8.70. The van der Waals surface area contributed by atoms with Crippen LogP contribution in [-0.2, 0) is 4.74 Å². The number of ether oxygens (including phenoxy) is 1. The van der Waals surface area contributed by atoms with Crippen LogP contribution in [0.15, 0.2) is 21.2 Å². The normalized spacial score (nSPS) is 21.2. The summed E-state index contributed by atoms with van der Waals surface area (Å²) in [7, 11) is 0. The maximum absolute atomic E-state index is 5.63. The summed E-state index contributed by atoms with van der Waals surface area (Å²) in [6.45, 7) is 0.894. The van der Waals surface area contributed by atoms with Crippen LogP contribution in [0.5, 0.6) is 0 Å². The maximum Gasteiger partial charge on any atom is 0.0729 e. The zero-order valence-electron chi connectivity index (χ0n) is 10.0. The molecule has 0 radical (unpaired) electrons. The van der Waals surface area contributed by atoms with Gasteiger partial charge in [0.15, 0.2) is 0 Å². The Balaban J connectivity index is 1.98. The second-order valence-electron chi connectivity index (χ2n) is 4.45. The predicted molar refractivity (Wildman–Crippen MR) is 77.9 cm³/mol. The second-order valence-corrected chi connectivity index (χ2v) is 6.22. The summed E-state index contributed by atoms with van der Waals surface area (Å²) in [4.78, 5) is 4.42. The molecule has 100 valence electrons. The molecule has 0 aliphatic carbocycles. The fraction of sp³-hybridized carbons (Fsp3) is 0.583. The molecular formula is C12H17Br2N3O. The first-order valence-corrected chi connectivity index (χ1v) is 7.68. The van der Waals surface area contributed by atoms with Gasteiger partial charge in [-0.25, -0.2) is 0 Å². The van der Waals surface area contributed by atoms with Gasteiger partial charge in [0.25, 0.3) is 0 Å². The lowest BCUT2D eigenvalue weighted by atomic mass is 10.0. The number of rotatable bonds is 5. The van der Waals surface area contributed by atoms with Crippen LogP contribution in [-0.4, -0.2) is 17.7 Å². The molecule has 1 saturated heterocycles. The van der Waals surface area contributed by atoms with Crippen LogP contribution in [0.1, 0.15) is 37.4 Å². The molecule has 0 spiro atoms. The van der Waals surface area contributed by atoms with E-state index in [1.54, 1.807) is 6.20 Å². The monoisotopic (exact) mass is 377 g/mol. The highest BCUT2D eigenvalue weighted by molar-refractivity contribution is 9.11. The van der Waals surface area contributed by atoms with Crippen molar-refractivity contribution in [2.45, 2.75) is 37.8 Å². The molecular weight excluding hydrogens is 362 g/mol. The van der Waals surface area contributed by atoms with E-state index < -0.39 is 0 Å². The third kappa shape index (κ3) is 3.74. The minimum Gasteiger partial charge on any atom is -0.378 e. The molecule has 1 aromatic rings. The van der Waals surface area contributed by atoms with Crippen molar-refractivity contribution in [1.29, 1.82) is 0 Å². The highest BCUT2D eigenvalue weighted by Gasteiger charge is 2.20. The Labute approximate surface area is 124 Å². The Hall–Kier alpha value is -0.0100. The average molecular weight is 379 g/mol. The van der Waals surface area contributed by atoms with Gasteiger partial charge < -0.3 is 4.74 Å². The van der Waals surface area contributed by atoms with Crippen molar-refractivity contribution >= 4 is 31.9 Å². The van der Waals surface area contributed by atoms with Crippen molar-refractivity contribution in [3.8, 4) is 0 Å². The number of nitrogens with zero attached hydrogens (tertiary/aromatic N) is 1. The van der Waals surface area contributed by atoms with Crippen molar-refractivity contribution in [2.24, 2.45) is 5.84 Å². The molecule has 0 aromatic carbocycles. The average Bonchev–Trinajstić information content (AvgIpc) is 2.85. The molecule has 18 heavy (non-hydrogen) atoms. The molecule has 1 aliphatic rings. The van der Waals surface area contributed by atoms with Gasteiger partial charge in [0.1, 0.15) is 0 Å².